The number of nitrogens with zero attached hydrogens (tertiary/aromatic N) is 3. The van der Waals surface area contributed by atoms with Crippen LogP contribution in [0.1, 0.15) is 0 Å². The average Bonchev–Trinajstić information content (AvgIpc) is 2.46. The van der Waals surface area contributed by atoms with Gasteiger partial charge in [-0.2, -0.15) is 0 Å². The minimum Gasteiger partial charge on any atom is -0.399 e. The summed E-state index contributed by atoms with van der Waals surface area (Å²) in [4.78, 5) is 21.9. The maximum absolute atomic E-state index is 11.6. The van der Waals surface area contributed by atoms with E-state index in [0.717, 1.165) is 10.9 Å². The Labute approximate surface area is 115 Å². The first-order valence-electron chi connectivity index (χ1n) is 6.31. The molecule has 104 valence electrons. The number of rotatable bonds is 2. The van der Waals surface area contributed by atoms with Crippen molar-refractivity contribution in [3.05, 3.63) is 24.5 Å². The lowest BCUT2D eigenvalue weighted by atomic mass is 10.1. The zero-order valence-electron chi connectivity index (χ0n) is 10.8. The molecule has 0 aliphatic carbocycles. The molecular formula is C13H15N5O2. The molecule has 2 aromatic rings. The van der Waals surface area contributed by atoms with Crippen molar-refractivity contribution in [1.29, 1.82) is 0 Å². The quantitative estimate of drug-likeness (QED) is 0.740. The number of aromatic nitrogens is 2. The summed E-state index contributed by atoms with van der Waals surface area (Å²) in [5, 5.41) is 0.806. The lowest BCUT2D eigenvalue weighted by Gasteiger charge is -2.34. The molecule has 1 unspecified atom stereocenters. The monoisotopic (exact) mass is 273 g/mol. The highest BCUT2D eigenvalue weighted by molar-refractivity contribution is 5.94. The molecule has 2 heterocycles. The third-order valence-corrected chi connectivity index (χ3v) is 3.37. The fourth-order valence-corrected chi connectivity index (χ4v) is 2.38. The molecule has 1 atom stereocenters. The number of nitrogen functional groups attached to an aromatic ring is 1. The Morgan fingerprint density at radius 3 is 3.05 bits per heavy atom. The summed E-state index contributed by atoms with van der Waals surface area (Å²) in [6.45, 7) is 1.34. The predicted molar refractivity (Wildman–Crippen MR) is 75.1 cm³/mol. The molecule has 1 aliphatic heterocycles. The van der Waals surface area contributed by atoms with Gasteiger partial charge in [0.1, 0.15) is 18.2 Å². The van der Waals surface area contributed by atoms with Crippen LogP contribution in [0, 0.1) is 0 Å². The van der Waals surface area contributed by atoms with Crippen LogP contribution < -0.4 is 16.4 Å². The van der Waals surface area contributed by atoms with Gasteiger partial charge in [-0.15, -0.1) is 0 Å². The van der Waals surface area contributed by atoms with E-state index in [2.05, 4.69) is 9.97 Å². The first-order valence-corrected chi connectivity index (χ1v) is 6.31. The Balaban J connectivity index is 2.12. The number of ether oxygens (including phenoxy) is 1. The molecule has 7 heteroatoms. The van der Waals surface area contributed by atoms with Gasteiger partial charge in [-0.3, -0.25) is 4.79 Å². The second-order valence-electron chi connectivity index (χ2n) is 4.66. The number of primary amides is 1. The highest BCUT2D eigenvalue weighted by Crippen LogP contribution is 2.27. The van der Waals surface area contributed by atoms with Crippen LogP contribution in [0.3, 0.4) is 0 Å². The minimum atomic E-state index is -0.525. The van der Waals surface area contributed by atoms with Crippen LogP contribution in [0.2, 0.25) is 0 Å². The van der Waals surface area contributed by atoms with Crippen LogP contribution >= 0.6 is 0 Å². The molecule has 1 aromatic heterocycles. The minimum absolute atomic E-state index is 0.267. The lowest BCUT2D eigenvalue weighted by molar-refractivity contribution is -0.121. The van der Waals surface area contributed by atoms with Gasteiger partial charge in [-0.1, -0.05) is 0 Å². The van der Waals surface area contributed by atoms with Crippen molar-refractivity contribution in [3.63, 3.8) is 0 Å². The van der Waals surface area contributed by atoms with Crippen LogP contribution in [-0.2, 0) is 9.53 Å². The summed E-state index contributed by atoms with van der Waals surface area (Å²) in [5.41, 5.74) is 12.7. The van der Waals surface area contributed by atoms with Crippen molar-refractivity contribution >= 4 is 28.3 Å². The molecule has 3 rings (SSSR count). The molecule has 1 fully saturated rings. The molecule has 0 spiro atoms. The van der Waals surface area contributed by atoms with Crippen molar-refractivity contribution in [3.8, 4) is 0 Å². The Bertz CT molecular complexity index is 660. The third kappa shape index (κ3) is 2.12. The van der Waals surface area contributed by atoms with Crippen LogP contribution in [0.15, 0.2) is 24.5 Å². The molecule has 20 heavy (non-hydrogen) atoms. The van der Waals surface area contributed by atoms with E-state index in [1.807, 2.05) is 11.0 Å². The van der Waals surface area contributed by atoms with Gasteiger partial charge >= 0.3 is 0 Å². The van der Waals surface area contributed by atoms with Crippen molar-refractivity contribution < 1.29 is 9.53 Å². The first-order chi connectivity index (χ1) is 9.66. The predicted octanol–water partition coefficient (Wildman–Crippen LogP) is -0.0975. The molecule has 7 nitrogen and oxygen atoms in total. The van der Waals surface area contributed by atoms with Gasteiger partial charge in [0.2, 0.25) is 5.91 Å². The fourth-order valence-electron chi connectivity index (χ4n) is 2.38. The Morgan fingerprint density at radius 2 is 2.25 bits per heavy atom. The van der Waals surface area contributed by atoms with Gasteiger partial charge in [-0.25, -0.2) is 9.97 Å². The summed E-state index contributed by atoms with van der Waals surface area (Å²) in [7, 11) is 0. The molecule has 1 amide bonds. The SMILES string of the molecule is NC(=O)C1COCCN1c1ncnc2ccc(N)cc12. The van der Waals surface area contributed by atoms with E-state index < -0.39 is 11.9 Å². The van der Waals surface area contributed by atoms with Gasteiger partial charge in [0, 0.05) is 17.6 Å². The standard InChI is InChI=1S/C13H15N5O2/c14-8-1-2-10-9(5-8)13(17-7-16-10)18-3-4-20-6-11(18)12(15)19/h1-2,5,7,11H,3-4,6,14H2,(H2,15,19). The maximum atomic E-state index is 11.6. The molecule has 0 saturated carbocycles. The largest absolute Gasteiger partial charge is 0.399 e. The number of morpholine rings is 1. The molecule has 1 aliphatic rings. The van der Waals surface area contributed by atoms with Gasteiger partial charge in [0.05, 0.1) is 18.7 Å². The second kappa shape index (κ2) is 4.93. The van der Waals surface area contributed by atoms with Crippen LogP contribution in [0.25, 0.3) is 10.9 Å². The van der Waals surface area contributed by atoms with Crippen LogP contribution in [-0.4, -0.2) is 41.7 Å². The van der Waals surface area contributed by atoms with Crippen LogP contribution in [0.4, 0.5) is 11.5 Å². The summed E-state index contributed by atoms with van der Waals surface area (Å²) in [5.74, 6) is 0.231. The highest BCUT2D eigenvalue weighted by Gasteiger charge is 2.29. The van der Waals surface area contributed by atoms with E-state index >= 15 is 0 Å². The van der Waals surface area contributed by atoms with E-state index in [9.17, 15) is 4.79 Å². The number of fused-ring (bicyclic) bond motifs is 1. The molecule has 4 N–H and O–H groups in total. The Morgan fingerprint density at radius 1 is 1.40 bits per heavy atom. The average molecular weight is 273 g/mol. The number of carbonyl (C=O) groups is 1. The zero-order chi connectivity index (χ0) is 14.1. The van der Waals surface area contributed by atoms with Crippen molar-refractivity contribution in [2.24, 2.45) is 5.73 Å². The number of benzene rings is 1. The molecule has 1 saturated heterocycles. The molecule has 0 radical (unpaired) electrons. The van der Waals surface area contributed by atoms with E-state index in [0.29, 0.717) is 24.7 Å². The van der Waals surface area contributed by atoms with E-state index in [1.165, 1.54) is 6.33 Å². The van der Waals surface area contributed by atoms with E-state index in [1.54, 1.807) is 12.1 Å². The Hall–Kier alpha value is -2.41. The molecule has 0 bridgehead atoms. The first kappa shape index (κ1) is 12.6. The molecular weight excluding hydrogens is 258 g/mol. The number of carbonyl (C=O) groups excluding carboxylic acids is 1. The van der Waals surface area contributed by atoms with Gasteiger partial charge < -0.3 is 21.1 Å². The normalized spacial score (nSPS) is 19.2. The van der Waals surface area contributed by atoms with Gasteiger partial charge in [0.25, 0.3) is 0 Å². The topological polar surface area (TPSA) is 107 Å². The van der Waals surface area contributed by atoms with E-state index in [-0.39, 0.29) is 6.61 Å². The summed E-state index contributed by atoms with van der Waals surface area (Å²) < 4.78 is 5.32. The van der Waals surface area contributed by atoms with Gasteiger partial charge in [0.15, 0.2) is 0 Å². The maximum Gasteiger partial charge on any atom is 0.242 e. The summed E-state index contributed by atoms with van der Waals surface area (Å²) >= 11 is 0. The third-order valence-electron chi connectivity index (χ3n) is 3.37. The fraction of sp³-hybridized carbons (Fsp3) is 0.308. The van der Waals surface area contributed by atoms with Crippen molar-refractivity contribution in [1.82, 2.24) is 9.97 Å². The number of hydrogen-bond acceptors (Lipinski definition) is 6. The summed E-state index contributed by atoms with van der Waals surface area (Å²) in [6.07, 6.45) is 1.47. The highest BCUT2D eigenvalue weighted by atomic mass is 16.5. The summed E-state index contributed by atoms with van der Waals surface area (Å²) in [6, 6.07) is 4.89. The van der Waals surface area contributed by atoms with Crippen LogP contribution in [0.5, 0.6) is 0 Å². The number of nitrogens with two attached hydrogens (primary N) is 2. The van der Waals surface area contributed by atoms with Crippen molar-refractivity contribution in [2.45, 2.75) is 6.04 Å². The van der Waals surface area contributed by atoms with Gasteiger partial charge in [-0.05, 0) is 18.2 Å². The number of anilines is 2. The Kier molecular flexibility index (Phi) is 3.11. The molecule has 1 aromatic carbocycles. The smallest absolute Gasteiger partial charge is 0.242 e. The number of amides is 1. The number of hydrogen-bond donors (Lipinski definition) is 2. The van der Waals surface area contributed by atoms with E-state index in [4.69, 9.17) is 16.2 Å². The zero-order valence-corrected chi connectivity index (χ0v) is 10.8. The lowest BCUT2D eigenvalue weighted by Crippen LogP contribution is -2.53. The second-order valence-corrected chi connectivity index (χ2v) is 4.66. The van der Waals surface area contributed by atoms with Crippen molar-refractivity contribution in [2.75, 3.05) is 30.4 Å².